The molecule has 1 aliphatic heterocycles. The monoisotopic (exact) mass is 401 g/mol. The highest BCUT2D eigenvalue weighted by molar-refractivity contribution is 5.49. The summed E-state index contributed by atoms with van der Waals surface area (Å²) < 4.78 is 6.36. The number of aliphatic hydroxyl groups is 2. The predicted molar refractivity (Wildman–Crippen MR) is 118 cm³/mol. The van der Waals surface area contributed by atoms with Crippen LogP contribution in [0.1, 0.15) is 75.8 Å². The Kier molecular flexibility index (Phi) is 8.58. The second-order valence-electron chi connectivity index (χ2n) is 8.66. The Morgan fingerprint density at radius 3 is 2.86 bits per heavy atom. The number of benzene rings is 1. The lowest BCUT2D eigenvalue weighted by molar-refractivity contribution is 0.135. The van der Waals surface area contributed by atoms with Crippen molar-refractivity contribution in [3.8, 4) is 5.75 Å². The van der Waals surface area contributed by atoms with E-state index in [0.717, 1.165) is 57.4 Å². The smallest absolute Gasteiger partial charge is 0.126 e. The first kappa shape index (κ1) is 22.3. The molecule has 0 radical (unpaired) electrons. The fourth-order valence-corrected chi connectivity index (χ4v) is 4.86. The number of hydrogen-bond acceptors (Lipinski definition) is 4. The molecule has 3 N–H and O–H groups in total. The summed E-state index contributed by atoms with van der Waals surface area (Å²) in [5.74, 6) is 1.27. The van der Waals surface area contributed by atoms with E-state index in [0.29, 0.717) is 6.42 Å². The molecule has 1 aromatic carbocycles. The molecule has 1 saturated carbocycles. The van der Waals surface area contributed by atoms with Crippen LogP contribution in [0.4, 0.5) is 0 Å². The molecule has 1 heterocycles. The van der Waals surface area contributed by atoms with Gasteiger partial charge in [-0.15, -0.1) is 0 Å². The first-order valence-corrected chi connectivity index (χ1v) is 11.7. The van der Waals surface area contributed by atoms with E-state index in [-0.39, 0.29) is 17.9 Å². The van der Waals surface area contributed by atoms with E-state index in [4.69, 9.17) is 4.74 Å². The first-order chi connectivity index (χ1) is 14.2. The lowest BCUT2D eigenvalue weighted by atomic mass is 9.86. The van der Waals surface area contributed by atoms with Crippen molar-refractivity contribution in [2.75, 3.05) is 13.1 Å². The predicted octanol–water partition coefficient (Wildman–Crippen LogP) is 4.34. The van der Waals surface area contributed by atoms with Crippen molar-refractivity contribution in [1.82, 2.24) is 5.32 Å². The van der Waals surface area contributed by atoms with Crippen molar-refractivity contribution in [1.29, 1.82) is 0 Å². The molecule has 0 saturated heterocycles. The number of aryl methyl sites for hydroxylation is 1. The van der Waals surface area contributed by atoms with E-state index < -0.39 is 12.2 Å². The zero-order valence-electron chi connectivity index (χ0n) is 18.1. The number of nitrogens with one attached hydrogen (secondary N) is 1. The topological polar surface area (TPSA) is 61.7 Å². The third kappa shape index (κ3) is 5.62. The number of fused-ring (bicyclic) bond motifs is 3. The summed E-state index contributed by atoms with van der Waals surface area (Å²) in [6.45, 7) is 6.40. The third-order valence-electron chi connectivity index (χ3n) is 6.45. The van der Waals surface area contributed by atoms with Crippen molar-refractivity contribution in [3.05, 3.63) is 41.5 Å². The van der Waals surface area contributed by atoms with Gasteiger partial charge in [-0.1, -0.05) is 63.5 Å². The number of ether oxygens (including phenoxy) is 1. The molecule has 3 rings (SSSR count). The molecule has 2 aliphatic rings. The number of rotatable bonds is 12. The summed E-state index contributed by atoms with van der Waals surface area (Å²) in [6, 6.07) is 6.49. The number of para-hydroxylation sites is 1. The van der Waals surface area contributed by atoms with Gasteiger partial charge in [0.1, 0.15) is 11.9 Å². The molecule has 1 aliphatic carbocycles. The fraction of sp³-hybridized carbons (Fsp3) is 0.680. The molecule has 1 aromatic rings. The highest BCUT2D eigenvalue weighted by Crippen LogP contribution is 2.52. The van der Waals surface area contributed by atoms with Gasteiger partial charge in [0, 0.05) is 23.8 Å². The van der Waals surface area contributed by atoms with E-state index in [1.165, 1.54) is 17.5 Å². The number of hydrogen-bond donors (Lipinski definition) is 3. The summed E-state index contributed by atoms with van der Waals surface area (Å²) in [7, 11) is 0. The normalized spacial score (nSPS) is 26.5. The van der Waals surface area contributed by atoms with Crippen molar-refractivity contribution < 1.29 is 14.9 Å². The molecule has 0 spiro atoms. The summed E-state index contributed by atoms with van der Waals surface area (Å²) in [5, 5.41) is 24.3. The molecule has 1 fully saturated rings. The zero-order valence-corrected chi connectivity index (χ0v) is 18.1. The Hall–Kier alpha value is -1.36. The van der Waals surface area contributed by atoms with Gasteiger partial charge in [-0.3, -0.25) is 0 Å². The van der Waals surface area contributed by atoms with Crippen LogP contribution in [-0.2, 0) is 6.42 Å². The Morgan fingerprint density at radius 1 is 1.21 bits per heavy atom. The van der Waals surface area contributed by atoms with Crippen molar-refractivity contribution >= 4 is 0 Å². The molecule has 29 heavy (non-hydrogen) atoms. The second kappa shape index (κ2) is 11.1. The maximum Gasteiger partial charge on any atom is 0.126 e. The maximum absolute atomic E-state index is 10.6. The van der Waals surface area contributed by atoms with Crippen LogP contribution in [0.2, 0.25) is 0 Å². The molecule has 0 aromatic heterocycles. The largest absolute Gasteiger partial charge is 0.489 e. The Morgan fingerprint density at radius 2 is 2.07 bits per heavy atom. The summed E-state index contributed by atoms with van der Waals surface area (Å²) in [5.41, 5.74) is 2.54. The van der Waals surface area contributed by atoms with Crippen LogP contribution in [0.25, 0.3) is 0 Å². The van der Waals surface area contributed by atoms with Gasteiger partial charge >= 0.3 is 0 Å². The van der Waals surface area contributed by atoms with E-state index in [2.05, 4.69) is 37.4 Å². The summed E-state index contributed by atoms with van der Waals surface area (Å²) in [4.78, 5) is 0. The lowest BCUT2D eigenvalue weighted by Gasteiger charge is -2.18. The van der Waals surface area contributed by atoms with Gasteiger partial charge in [0.05, 0.1) is 12.2 Å². The standard InChI is InChI=1S/C25H39NO3/c1-3-5-6-12-19(27)14-15-20-22(28)17-23-24(20)21-13-9-11-18(25(21)29-23)10-7-8-16-26-4-2/h9,11,13-15,19-20,22-24,26-28H,3-8,10,12,16-17H2,1-2H3/b15-14+/t19-,20-,22+,23-,24-/m0/s1. The quantitative estimate of drug-likeness (QED) is 0.360. The molecule has 0 bridgehead atoms. The van der Waals surface area contributed by atoms with E-state index in [1.807, 2.05) is 12.2 Å². The minimum atomic E-state index is -0.419. The molecule has 4 heteroatoms. The van der Waals surface area contributed by atoms with Crippen LogP contribution in [0.3, 0.4) is 0 Å². The Labute approximate surface area is 176 Å². The molecule has 0 unspecified atom stereocenters. The average molecular weight is 402 g/mol. The molecular weight excluding hydrogens is 362 g/mol. The summed E-state index contributed by atoms with van der Waals surface area (Å²) >= 11 is 0. The van der Waals surface area contributed by atoms with Crippen LogP contribution in [0, 0.1) is 5.92 Å². The minimum absolute atomic E-state index is 0.0195. The van der Waals surface area contributed by atoms with Crippen LogP contribution in [-0.4, -0.2) is 41.6 Å². The molecular formula is C25H39NO3. The zero-order chi connectivity index (χ0) is 20.6. The molecule has 0 amide bonds. The minimum Gasteiger partial charge on any atom is -0.489 e. The van der Waals surface area contributed by atoms with E-state index in [1.54, 1.807) is 0 Å². The first-order valence-electron chi connectivity index (χ1n) is 11.7. The summed E-state index contributed by atoms with van der Waals surface area (Å²) in [6.07, 6.45) is 11.4. The van der Waals surface area contributed by atoms with Gasteiger partial charge in [0.2, 0.25) is 0 Å². The van der Waals surface area contributed by atoms with Gasteiger partial charge < -0.3 is 20.3 Å². The van der Waals surface area contributed by atoms with Crippen LogP contribution >= 0.6 is 0 Å². The van der Waals surface area contributed by atoms with Crippen LogP contribution in [0.5, 0.6) is 5.75 Å². The Balaban J connectivity index is 1.65. The van der Waals surface area contributed by atoms with Gasteiger partial charge in [-0.2, -0.15) is 0 Å². The molecule has 5 atom stereocenters. The van der Waals surface area contributed by atoms with E-state index >= 15 is 0 Å². The van der Waals surface area contributed by atoms with Crippen LogP contribution in [0.15, 0.2) is 30.4 Å². The van der Waals surface area contributed by atoms with Crippen molar-refractivity contribution in [3.63, 3.8) is 0 Å². The Bertz CT molecular complexity index is 659. The highest BCUT2D eigenvalue weighted by Gasteiger charge is 2.48. The van der Waals surface area contributed by atoms with Crippen LogP contribution < -0.4 is 10.1 Å². The van der Waals surface area contributed by atoms with Crippen molar-refractivity contribution in [2.45, 2.75) is 89.4 Å². The number of aliphatic hydroxyl groups excluding tert-OH is 2. The fourth-order valence-electron chi connectivity index (χ4n) is 4.86. The molecule has 4 nitrogen and oxygen atoms in total. The van der Waals surface area contributed by atoms with Crippen molar-refractivity contribution in [2.24, 2.45) is 5.92 Å². The van der Waals surface area contributed by atoms with Gasteiger partial charge in [-0.25, -0.2) is 0 Å². The maximum atomic E-state index is 10.6. The van der Waals surface area contributed by atoms with Gasteiger partial charge in [0.25, 0.3) is 0 Å². The van der Waals surface area contributed by atoms with E-state index in [9.17, 15) is 10.2 Å². The lowest BCUT2D eigenvalue weighted by Crippen LogP contribution is -2.17. The van der Waals surface area contributed by atoms with Gasteiger partial charge in [-0.05, 0) is 44.3 Å². The third-order valence-corrected chi connectivity index (χ3v) is 6.45. The molecule has 162 valence electrons. The second-order valence-corrected chi connectivity index (χ2v) is 8.66. The number of unbranched alkanes of at least 4 members (excludes halogenated alkanes) is 3. The average Bonchev–Trinajstić information content (AvgIpc) is 3.21. The highest BCUT2D eigenvalue weighted by atomic mass is 16.5. The SMILES string of the molecule is CCCCC[C@H](O)/C=C/[C@@H]1[C@H]2c3cccc(CCCCNCC)c3O[C@H]2C[C@H]1O. The van der Waals surface area contributed by atoms with Gasteiger partial charge in [0.15, 0.2) is 0 Å².